The Morgan fingerprint density at radius 1 is 1.04 bits per heavy atom. The highest BCUT2D eigenvalue weighted by Crippen LogP contribution is 2.79. The fourth-order valence-corrected chi connectivity index (χ4v) is 10.1. The van der Waals surface area contributed by atoms with Crippen LogP contribution in [0, 0.1) is 28.1 Å². The molecule has 46 heavy (non-hydrogen) atoms. The highest BCUT2D eigenvalue weighted by Gasteiger charge is 2.90. The van der Waals surface area contributed by atoms with Crippen molar-refractivity contribution in [3.63, 3.8) is 0 Å². The van der Waals surface area contributed by atoms with Crippen LogP contribution in [-0.4, -0.2) is 77.7 Å². The van der Waals surface area contributed by atoms with Gasteiger partial charge in [0.15, 0.2) is 6.10 Å². The second-order valence-electron chi connectivity index (χ2n) is 14.4. The Kier molecular flexibility index (Phi) is 8.16. The fraction of sp³-hybridized carbons (Fsp3) is 0.727. The number of carbonyl (C=O) groups excluding carboxylic acids is 5. The molecular weight excluding hydrogens is 604 g/mol. The molecule has 0 bridgehead atoms. The van der Waals surface area contributed by atoms with E-state index in [9.17, 15) is 29.1 Å². The Bertz CT molecular complexity index is 1410. The number of rotatable bonds is 8. The standard InChI is InChI=1S/C33H44O13/c1-16(34)42-21(14-22(37)40-9)31(7)20-10-12-30(6)25(19-11-13-41-15-19)45-28(38)27-33(30,46-27)32(20,8)26(44-18(3)36)23(43-17(2)35)24(31)29(4,5)39/h11,13,15,20-21,23-27,39H,10,12,14H2,1-9H3/t20-,21+,23-,24+,25+,26-,27-,30+,31+,32+,33-/m1/s1. The number of methoxy groups -OCH3 is 1. The van der Waals surface area contributed by atoms with Gasteiger partial charge in [0.05, 0.1) is 31.7 Å². The predicted molar refractivity (Wildman–Crippen MR) is 155 cm³/mol. The van der Waals surface area contributed by atoms with Gasteiger partial charge in [-0.3, -0.25) is 19.2 Å². The van der Waals surface area contributed by atoms with Gasteiger partial charge in [-0.1, -0.05) is 20.8 Å². The first-order chi connectivity index (χ1) is 21.3. The molecule has 2 aliphatic carbocycles. The van der Waals surface area contributed by atoms with Gasteiger partial charge in [-0.2, -0.15) is 0 Å². The number of ether oxygens (including phenoxy) is 6. The van der Waals surface area contributed by atoms with E-state index < -0.39 is 99.6 Å². The molecule has 13 nitrogen and oxygen atoms in total. The van der Waals surface area contributed by atoms with Crippen LogP contribution in [0.15, 0.2) is 23.0 Å². The van der Waals surface area contributed by atoms with Crippen molar-refractivity contribution >= 4 is 29.8 Å². The van der Waals surface area contributed by atoms with E-state index in [1.165, 1.54) is 54.3 Å². The van der Waals surface area contributed by atoms with Crippen LogP contribution in [0.25, 0.3) is 0 Å². The molecule has 1 spiro atoms. The molecule has 4 aliphatic rings. The van der Waals surface area contributed by atoms with E-state index in [4.69, 9.17) is 32.8 Å². The SMILES string of the molecule is COC(=O)C[C@H](OC(C)=O)[C@]1(C)[C@H]2CC[C@@]3(C)[C@H](c4ccoc4)OC(=O)[C@H]4O[C@]43[C@]2(C)[C@H](OC(C)=O)[C@H](OC(C)=O)[C@H]1C(C)(C)O. The Morgan fingerprint density at radius 2 is 1.70 bits per heavy atom. The summed E-state index contributed by atoms with van der Waals surface area (Å²) in [6, 6.07) is 1.71. The molecule has 0 unspecified atom stereocenters. The zero-order chi connectivity index (χ0) is 34.2. The maximum absolute atomic E-state index is 13.6. The van der Waals surface area contributed by atoms with Crippen LogP contribution in [0.5, 0.6) is 0 Å². The third kappa shape index (κ3) is 4.67. The van der Waals surface area contributed by atoms with Crippen molar-refractivity contribution in [1.82, 2.24) is 0 Å². The highest BCUT2D eigenvalue weighted by molar-refractivity contribution is 5.82. The van der Waals surface area contributed by atoms with Crippen LogP contribution in [0.1, 0.15) is 86.3 Å². The number of aliphatic hydroxyl groups is 1. The number of furan rings is 1. The Hall–Kier alpha value is -3.45. The minimum atomic E-state index is -1.66. The average Bonchev–Trinajstić information content (AvgIpc) is 3.50. The van der Waals surface area contributed by atoms with Crippen molar-refractivity contribution in [3.05, 3.63) is 24.2 Å². The molecule has 4 fully saturated rings. The van der Waals surface area contributed by atoms with Crippen molar-refractivity contribution in [1.29, 1.82) is 0 Å². The van der Waals surface area contributed by atoms with Crippen molar-refractivity contribution in [2.75, 3.05) is 7.11 Å². The third-order valence-electron chi connectivity index (χ3n) is 11.4. The maximum Gasteiger partial charge on any atom is 0.339 e. The third-order valence-corrected chi connectivity index (χ3v) is 11.4. The lowest BCUT2D eigenvalue weighted by Gasteiger charge is -2.70. The molecule has 13 heteroatoms. The normalized spacial score (nSPS) is 40.2. The van der Waals surface area contributed by atoms with Crippen molar-refractivity contribution < 1.29 is 61.9 Å². The quantitative estimate of drug-likeness (QED) is 0.247. The lowest BCUT2D eigenvalue weighted by molar-refractivity contribution is -0.314. The molecule has 1 aromatic heterocycles. The number of hydrogen-bond donors (Lipinski definition) is 1. The van der Waals surface area contributed by atoms with E-state index in [0.29, 0.717) is 18.4 Å². The predicted octanol–water partition coefficient (Wildman–Crippen LogP) is 3.20. The van der Waals surface area contributed by atoms with Crippen LogP contribution < -0.4 is 0 Å². The lowest BCUT2D eigenvalue weighted by atomic mass is 9.35. The van der Waals surface area contributed by atoms with Crippen LogP contribution in [0.2, 0.25) is 0 Å². The lowest BCUT2D eigenvalue weighted by Crippen LogP contribution is -2.78. The van der Waals surface area contributed by atoms with Crippen LogP contribution >= 0.6 is 0 Å². The number of carbonyl (C=O) groups is 5. The van der Waals surface area contributed by atoms with Gasteiger partial charge < -0.3 is 37.9 Å². The first-order valence-electron chi connectivity index (χ1n) is 15.5. The molecule has 5 rings (SSSR count). The summed E-state index contributed by atoms with van der Waals surface area (Å²) in [6.45, 7) is 12.2. The molecule has 254 valence electrons. The number of hydrogen-bond acceptors (Lipinski definition) is 13. The summed E-state index contributed by atoms with van der Waals surface area (Å²) in [7, 11) is 1.21. The molecule has 3 heterocycles. The van der Waals surface area contributed by atoms with E-state index in [-0.39, 0.29) is 6.42 Å². The molecule has 0 radical (unpaired) electrons. The summed E-state index contributed by atoms with van der Waals surface area (Å²) in [5.41, 5.74) is -6.01. The molecule has 2 aliphatic heterocycles. The van der Waals surface area contributed by atoms with Crippen LogP contribution in [-0.2, 0) is 52.4 Å². The van der Waals surface area contributed by atoms with Gasteiger partial charge in [-0.25, -0.2) is 4.79 Å². The minimum Gasteiger partial charge on any atom is -0.472 e. The summed E-state index contributed by atoms with van der Waals surface area (Å²) in [4.78, 5) is 64.9. The number of fused-ring (bicyclic) bond motifs is 1. The van der Waals surface area contributed by atoms with Gasteiger partial charge in [-0.15, -0.1) is 0 Å². The van der Waals surface area contributed by atoms with E-state index in [2.05, 4.69) is 0 Å². The van der Waals surface area contributed by atoms with E-state index in [0.717, 1.165) is 0 Å². The van der Waals surface area contributed by atoms with E-state index in [1.807, 2.05) is 13.8 Å². The Labute approximate surface area is 267 Å². The van der Waals surface area contributed by atoms with Gasteiger partial charge in [-0.05, 0) is 38.7 Å². The molecular formula is C33H44O13. The Balaban J connectivity index is 1.84. The number of esters is 5. The Morgan fingerprint density at radius 3 is 2.22 bits per heavy atom. The molecule has 11 atom stereocenters. The molecule has 1 aromatic rings. The molecule has 0 amide bonds. The summed E-state index contributed by atoms with van der Waals surface area (Å²) in [5.74, 6) is -5.10. The average molecular weight is 649 g/mol. The summed E-state index contributed by atoms with van der Waals surface area (Å²) >= 11 is 0. The van der Waals surface area contributed by atoms with Crippen molar-refractivity contribution in [3.8, 4) is 0 Å². The highest BCUT2D eigenvalue weighted by atomic mass is 16.7. The van der Waals surface area contributed by atoms with Gasteiger partial charge in [0, 0.05) is 48.5 Å². The minimum absolute atomic E-state index is 0.364. The largest absolute Gasteiger partial charge is 0.472 e. The van der Waals surface area contributed by atoms with Gasteiger partial charge in [0.2, 0.25) is 0 Å². The second kappa shape index (κ2) is 11.1. The number of cyclic esters (lactones) is 1. The summed E-state index contributed by atoms with van der Waals surface area (Å²) in [5, 5.41) is 11.9. The zero-order valence-corrected chi connectivity index (χ0v) is 27.7. The van der Waals surface area contributed by atoms with Crippen LogP contribution in [0.3, 0.4) is 0 Å². The fourth-order valence-electron chi connectivity index (χ4n) is 10.1. The zero-order valence-electron chi connectivity index (χ0n) is 27.7. The van der Waals surface area contributed by atoms with Crippen LogP contribution in [0.4, 0.5) is 0 Å². The first kappa shape index (κ1) is 33.9. The monoisotopic (exact) mass is 648 g/mol. The topological polar surface area (TPSA) is 177 Å². The van der Waals surface area contributed by atoms with Crippen molar-refractivity contribution in [2.45, 2.75) is 116 Å². The molecule has 1 N–H and O–H groups in total. The molecule has 0 aromatic carbocycles. The maximum atomic E-state index is 13.6. The van der Waals surface area contributed by atoms with E-state index in [1.54, 1.807) is 13.0 Å². The summed E-state index contributed by atoms with van der Waals surface area (Å²) in [6.07, 6.45) is -2.29. The van der Waals surface area contributed by atoms with E-state index >= 15 is 0 Å². The molecule has 2 saturated heterocycles. The van der Waals surface area contributed by atoms with Gasteiger partial charge in [0.1, 0.15) is 30.0 Å². The van der Waals surface area contributed by atoms with Gasteiger partial charge in [0.25, 0.3) is 0 Å². The number of epoxide rings is 1. The molecule has 2 saturated carbocycles. The van der Waals surface area contributed by atoms with Crippen molar-refractivity contribution in [2.24, 2.45) is 28.1 Å². The second-order valence-corrected chi connectivity index (χ2v) is 14.4. The van der Waals surface area contributed by atoms with Gasteiger partial charge >= 0.3 is 29.8 Å². The summed E-state index contributed by atoms with van der Waals surface area (Å²) < 4.78 is 41.0. The first-order valence-corrected chi connectivity index (χ1v) is 15.5. The smallest absolute Gasteiger partial charge is 0.339 e.